The third-order valence-corrected chi connectivity index (χ3v) is 6.23. The fourth-order valence-electron chi connectivity index (χ4n) is 4.78. The van der Waals surface area contributed by atoms with E-state index >= 15 is 0 Å². The summed E-state index contributed by atoms with van der Waals surface area (Å²) in [4.78, 5) is 53.7. The van der Waals surface area contributed by atoms with Crippen LogP contribution in [0.4, 0.5) is 5.69 Å². The van der Waals surface area contributed by atoms with Gasteiger partial charge in [0.2, 0.25) is 12.0 Å². The summed E-state index contributed by atoms with van der Waals surface area (Å²) in [5.74, 6) is -2.91. The SMILES string of the molecule is CCC1C(=O)N2C(C(=O)O)=C(C3=NOC(C(=O)OC)C3)C(Cc3ccc([N+](=O)[O-])cc3)C12. The van der Waals surface area contributed by atoms with Crippen LogP contribution in [-0.4, -0.2) is 57.7 Å². The number of aliphatic carboxylic acids is 1. The first kappa shape index (κ1) is 21.5. The molecule has 1 N–H and O–H groups in total. The number of nitro benzene ring substituents is 1. The Balaban J connectivity index is 1.72. The second kappa shape index (κ2) is 8.06. The van der Waals surface area contributed by atoms with Gasteiger partial charge in [0.15, 0.2) is 0 Å². The Kier molecular flexibility index (Phi) is 5.41. The first-order valence-electron chi connectivity index (χ1n) is 10.1. The van der Waals surface area contributed by atoms with E-state index in [4.69, 9.17) is 4.84 Å². The lowest BCUT2D eigenvalue weighted by Crippen LogP contribution is -2.60. The van der Waals surface area contributed by atoms with Crippen molar-refractivity contribution in [3.8, 4) is 0 Å². The Bertz CT molecular complexity index is 1060. The van der Waals surface area contributed by atoms with Crippen molar-refractivity contribution in [2.24, 2.45) is 17.0 Å². The van der Waals surface area contributed by atoms with E-state index < -0.39 is 28.9 Å². The molecule has 0 spiro atoms. The van der Waals surface area contributed by atoms with Gasteiger partial charge in [-0.15, -0.1) is 0 Å². The number of rotatable bonds is 7. The summed E-state index contributed by atoms with van der Waals surface area (Å²) in [5.41, 5.74) is 1.20. The number of hydrogen-bond acceptors (Lipinski definition) is 8. The molecule has 11 heteroatoms. The van der Waals surface area contributed by atoms with Gasteiger partial charge in [-0.25, -0.2) is 9.59 Å². The van der Waals surface area contributed by atoms with E-state index in [1.807, 2.05) is 6.92 Å². The molecule has 4 rings (SSSR count). The molecule has 0 saturated carbocycles. The first-order chi connectivity index (χ1) is 15.3. The summed E-state index contributed by atoms with van der Waals surface area (Å²) in [5, 5.41) is 24.9. The molecular formula is C21H21N3O8. The summed E-state index contributed by atoms with van der Waals surface area (Å²) in [6.45, 7) is 1.87. The Labute approximate surface area is 182 Å². The number of non-ortho nitro benzene ring substituents is 1. The van der Waals surface area contributed by atoms with Gasteiger partial charge >= 0.3 is 11.9 Å². The number of oxime groups is 1. The monoisotopic (exact) mass is 443 g/mol. The lowest BCUT2D eigenvalue weighted by Gasteiger charge is -2.45. The van der Waals surface area contributed by atoms with Gasteiger partial charge < -0.3 is 19.6 Å². The number of ether oxygens (including phenoxy) is 1. The van der Waals surface area contributed by atoms with E-state index in [1.165, 1.54) is 24.1 Å². The van der Waals surface area contributed by atoms with Crippen LogP contribution in [0.1, 0.15) is 25.3 Å². The molecule has 1 saturated heterocycles. The molecule has 1 aromatic carbocycles. The van der Waals surface area contributed by atoms with Crippen molar-refractivity contribution in [3.05, 3.63) is 51.2 Å². The molecule has 11 nitrogen and oxygen atoms in total. The molecule has 4 atom stereocenters. The molecule has 32 heavy (non-hydrogen) atoms. The van der Waals surface area contributed by atoms with Gasteiger partial charge in [0.25, 0.3) is 5.69 Å². The molecule has 0 radical (unpaired) electrons. The standard InChI is InChI=1S/C21H21N3O8/c1-3-12-17-13(8-10-4-6-11(7-5-10)24(29)30)16(18(20(26)27)23(17)19(12)25)14-9-15(32-22-14)21(28)31-2/h4-7,12-13,15,17H,3,8-9H2,1-2H3,(H,26,27). The van der Waals surface area contributed by atoms with Gasteiger partial charge in [-0.05, 0) is 18.4 Å². The van der Waals surface area contributed by atoms with E-state index in [1.54, 1.807) is 12.1 Å². The molecule has 3 aliphatic rings. The molecule has 168 valence electrons. The fourth-order valence-corrected chi connectivity index (χ4v) is 4.78. The number of carboxylic acid groups (broad SMARTS) is 1. The van der Waals surface area contributed by atoms with Crippen LogP contribution in [0.5, 0.6) is 0 Å². The second-order valence-corrected chi connectivity index (χ2v) is 7.87. The van der Waals surface area contributed by atoms with E-state index in [0.717, 1.165) is 5.56 Å². The lowest BCUT2D eigenvalue weighted by atomic mass is 9.74. The average molecular weight is 443 g/mol. The molecule has 3 aliphatic heterocycles. The molecule has 0 bridgehead atoms. The predicted octanol–water partition coefficient (Wildman–Crippen LogP) is 1.66. The highest BCUT2D eigenvalue weighted by Gasteiger charge is 2.60. The van der Waals surface area contributed by atoms with Gasteiger partial charge in [0.05, 0.1) is 29.7 Å². The van der Waals surface area contributed by atoms with Crippen LogP contribution in [0, 0.1) is 22.0 Å². The van der Waals surface area contributed by atoms with E-state index in [2.05, 4.69) is 9.89 Å². The molecule has 1 aromatic rings. The van der Waals surface area contributed by atoms with Gasteiger partial charge in [0, 0.05) is 30.0 Å². The van der Waals surface area contributed by atoms with Crippen molar-refractivity contribution in [3.63, 3.8) is 0 Å². The molecule has 1 fully saturated rings. The average Bonchev–Trinajstić information content (AvgIpc) is 3.35. The first-order valence-corrected chi connectivity index (χ1v) is 10.1. The van der Waals surface area contributed by atoms with Crippen molar-refractivity contribution in [2.45, 2.75) is 38.3 Å². The molecule has 0 aliphatic carbocycles. The summed E-state index contributed by atoms with van der Waals surface area (Å²) in [7, 11) is 1.22. The lowest BCUT2D eigenvalue weighted by molar-refractivity contribution is -0.384. The predicted molar refractivity (Wildman–Crippen MR) is 108 cm³/mol. The van der Waals surface area contributed by atoms with Crippen LogP contribution in [0.3, 0.4) is 0 Å². The Morgan fingerprint density at radius 3 is 2.56 bits per heavy atom. The van der Waals surface area contributed by atoms with Gasteiger partial charge in [-0.1, -0.05) is 24.2 Å². The Morgan fingerprint density at radius 2 is 2.00 bits per heavy atom. The number of fused-ring (bicyclic) bond motifs is 1. The van der Waals surface area contributed by atoms with Gasteiger partial charge in [0.1, 0.15) is 5.70 Å². The molecule has 4 unspecified atom stereocenters. The highest BCUT2D eigenvalue weighted by atomic mass is 16.7. The molecule has 3 heterocycles. The van der Waals surface area contributed by atoms with Crippen LogP contribution in [0.25, 0.3) is 0 Å². The highest BCUT2D eigenvalue weighted by molar-refractivity contribution is 6.12. The Morgan fingerprint density at radius 1 is 1.31 bits per heavy atom. The largest absolute Gasteiger partial charge is 0.477 e. The number of amides is 1. The van der Waals surface area contributed by atoms with Crippen molar-refractivity contribution >= 4 is 29.2 Å². The highest BCUT2D eigenvalue weighted by Crippen LogP contribution is 2.49. The maximum absolute atomic E-state index is 12.7. The number of nitro groups is 1. The summed E-state index contributed by atoms with van der Waals surface area (Å²) in [6.07, 6.45) is -0.0635. The molecule has 0 aromatic heterocycles. The van der Waals surface area contributed by atoms with Crippen molar-refractivity contribution in [1.82, 2.24) is 4.90 Å². The van der Waals surface area contributed by atoms with Gasteiger partial charge in [-0.2, -0.15) is 0 Å². The van der Waals surface area contributed by atoms with Crippen LogP contribution in [0.2, 0.25) is 0 Å². The second-order valence-electron chi connectivity index (χ2n) is 7.87. The van der Waals surface area contributed by atoms with Crippen molar-refractivity contribution in [2.75, 3.05) is 7.11 Å². The minimum atomic E-state index is -1.26. The number of benzene rings is 1. The zero-order chi connectivity index (χ0) is 23.2. The third kappa shape index (κ3) is 3.29. The normalized spacial score (nSPS) is 26.2. The number of carbonyl (C=O) groups is 3. The number of β-lactam (4-membered cyclic amide) rings is 1. The number of carboxylic acids is 1. The fraction of sp³-hybridized carbons (Fsp3) is 0.429. The topological polar surface area (TPSA) is 149 Å². The number of nitrogens with zero attached hydrogens (tertiary/aromatic N) is 3. The smallest absolute Gasteiger partial charge is 0.352 e. The quantitative estimate of drug-likeness (QED) is 0.289. The number of hydrogen-bond donors (Lipinski definition) is 1. The summed E-state index contributed by atoms with van der Waals surface area (Å²) >= 11 is 0. The number of methoxy groups -OCH3 is 1. The van der Waals surface area contributed by atoms with Crippen LogP contribution in [-0.2, 0) is 30.4 Å². The van der Waals surface area contributed by atoms with Crippen LogP contribution in [0.15, 0.2) is 40.7 Å². The van der Waals surface area contributed by atoms with Crippen LogP contribution >= 0.6 is 0 Å². The minimum Gasteiger partial charge on any atom is -0.477 e. The maximum Gasteiger partial charge on any atom is 0.352 e. The molecule has 1 amide bonds. The third-order valence-electron chi connectivity index (χ3n) is 6.23. The Hall–Kier alpha value is -3.76. The molecular weight excluding hydrogens is 422 g/mol. The summed E-state index contributed by atoms with van der Waals surface area (Å²) < 4.78 is 4.69. The van der Waals surface area contributed by atoms with Crippen LogP contribution < -0.4 is 0 Å². The van der Waals surface area contributed by atoms with E-state index in [0.29, 0.717) is 24.1 Å². The number of carbonyl (C=O) groups excluding carboxylic acids is 2. The van der Waals surface area contributed by atoms with Crippen molar-refractivity contribution in [1.29, 1.82) is 0 Å². The number of esters is 1. The maximum atomic E-state index is 12.7. The van der Waals surface area contributed by atoms with E-state index in [-0.39, 0.29) is 35.7 Å². The van der Waals surface area contributed by atoms with Gasteiger partial charge in [-0.3, -0.25) is 14.9 Å². The zero-order valence-electron chi connectivity index (χ0n) is 17.4. The van der Waals surface area contributed by atoms with E-state index in [9.17, 15) is 29.6 Å². The van der Waals surface area contributed by atoms with Crippen molar-refractivity contribution < 1.29 is 34.0 Å². The summed E-state index contributed by atoms with van der Waals surface area (Å²) in [6, 6.07) is 5.63. The minimum absolute atomic E-state index is 0.0289. The zero-order valence-corrected chi connectivity index (χ0v) is 17.4.